The fourth-order valence-corrected chi connectivity index (χ4v) is 2.61. The Labute approximate surface area is 129 Å². The van der Waals surface area contributed by atoms with Crippen molar-refractivity contribution >= 4 is 29.2 Å². The van der Waals surface area contributed by atoms with E-state index in [1.54, 1.807) is 12.3 Å². The number of hydrogen-bond donors (Lipinski definition) is 1. The van der Waals surface area contributed by atoms with Gasteiger partial charge in [-0.3, -0.25) is 0 Å². The molecular weight excluding hydrogens is 293 g/mol. The first kappa shape index (κ1) is 15.2. The third-order valence-corrected chi connectivity index (χ3v) is 3.73. The highest BCUT2D eigenvalue weighted by atomic mass is 35.5. The molecule has 1 unspecified atom stereocenters. The molecule has 0 amide bonds. The van der Waals surface area contributed by atoms with E-state index in [1.165, 1.54) is 0 Å². The van der Waals surface area contributed by atoms with Crippen LogP contribution in [0.5, 0.6) is 0 Å². The summed E-state index contributed by atoms with van der Waals surface area (Å²) in [7, 11) is 0. The molecule has 0 radical (unpaired) electrons. The molecule has 3 nitrogen and oxygen atoms in total. The van der Waals surface area contributed by atoms with Gasteiger partial charge in [-0.05, 0) is 30.5 Å². The lowest BCUT2D eigenvalue weighted by Gasteiger charge is -2.19. The minimum atomic E-state index is 0.0944. The molecule has 20 heavy (non-hydrogen) atoms. The maximum Gasteiger partial charge on any atom is 0.203 e. The predicted molar refractivity (Wildman–Crippen MR) is 85.8 cm³/mol. The molecule has 0 saturated carbocycles. The smallest absolute Gasteiger partial charge is 0.203 e. The number of halogens is 2. The molecule has 1 N–H and O–H groups in total. The van der Waals surface area contributed by atoms with Crippen LogP contribution in [0.4, 0.5) is 5.95 Å². The van der Waals surface area contributed by atoms with E-state index in [2.05, 4.69) is 35.6 Å². The summed E-state index contributed by atoms with van der Waals surface area (Å²) < 4.78 is 2.08. The number of rotatable bonds is 5. The van der Waals surface area contributed by atoms with Crippen LogP contribution in [-0.4, -0.2) is 16.1 Å². The molecule has 0 aliphatic rings. The van der Waals surface area contributed by atoms with Crippen molar-refractivity contribution in [2.75, 3.05) is 11.9 Å². The number of imidazole rings is 1. The minimum absolute atomic E-state index is 0.0944. The first-order valence-corrected chi connectivity index (χ1v) is 7.46. The Morgan fingerprint density at radius 2 is 2.00 bits per heavy atom. The second kappa shape index (κ2) is 6.51. The number of hydrogen-bond acceptors (Lipinski definition) is 2. The molecule has 1 aromatic heterocycles. The highest BCUT2D eigenvalue weighted by Gasteiger charge is 2.15. The van der Waals surface area contributed by atoms with Gasteiger partial charge in [0.05, 0.1) is 6.04 Å². The van der Waals surface area contributed by atoms with Crippen molar-refractivity contribution < 1.29 is 0 Å². The van der Waals surface area contributed by atoms with Crippen molar-refractivity contribution in [1.82, 2.24) is 9.55 Å². The second-order valence-corrected chi connectivity index (χ2v) is 6.12. The minimum Gasteiger partial charge on any atom is -0.355 e. The van der Waals surface area contributed by atoms with E-state index < -0.39 is 0 Å². The van der Waals surface area contributed by atoms with E-state index in [1.807, 2.05) is 18.3 Å². The van der Waals surface area contributed by atoms with Crippen LogP contribution in [0.15, 0.2) is 30.6 Å². The Hall–Kier alpha value is -1.19. The standard InChI is InChI=1S/C15H19Cl2N3/c1-10(2)9-19-15-18-6-7-20(15)11(3)13-5-4-12(16)8-14(13)17/h4-8,10-11H,9H2,1-3H3,(H,18,19). The number of benzene rings is 1. The molecular formula is C15H19Cl2N3. The van der Waals surface area contributed by atoms with Gasteiger partial charge in [0.2, 0.25) is 5.95 Å². The van der Waals surface area contributed by atoms with Gasteiger partial charge in [-0.2, -0.15) is 0 Å². The highest BCUT2D eigenvalue weighted by molar-refractivity contribution is 6.35. The number of anilines is 1. The summed E-state index contributed by atoms with van der Waals surface area (Å²) in [6.07, 6.45) is 3.75. The summed E-state index contributed by atoms with van der Waals surface area (Å²) in [5, 5.41) is 4.68. The van der Waals surface area contributed by atoms with Crippen molar-refractivity contribution in [3.8, 4) is 0 Å². The summed E-state index contributed by atoms with van der Waals surface area (Å²) in [6.45, 7) is 7.31. The lowest BCUT2D eigenvalue weighted by Crippen LogP contribution is -2.15. The van der Waals surface area contributed by atoms with Crippen LogP contribution >= 0.6 is 23.2 Å². The van der Waals surface area contributed by atoms with E-state index in [4.69, 9.17) is 23.2 Å². The molecule has 0 aliphatic carbocycles. The van der Waals surface area contributed by atoms with Gasteiger partial charge in [0.15, 0.2) is 0 Å². The van der Waals surface area contributed by atoms with E-state index in [0.29, 0.717) is 16.0 Å². The van der Waals surface area contributed by atoms with E-state index in [9.17, 15) is 0 Å². The number of aromatic nitrogens is 2. The SMILES string of the molecule is CC(C)CNc1nccn1C(C)c1ccc(Cl)cc1Cl. The van der Waals surface area contributed by atoms with Crippen LogP contribution in [0.2, 0.25) is 10.0 Å². The van der Waals surface area contributed by atoms with E-state index in [-0.39, 0.29) is 6.04 Å². The fourth-order valence-electron chi connectivity index (χ4n) is 2.05. The topological polar surface area (TPSA) is 29.9 Å². The van der Waals surface area contributed by atoms with Crippen molar-refractivity contribution in [3.05, 3.63) is 46.2 Å². The monoisotopic (exact) mass is 311 g/mol. The van der Waals surface area contributed by atoms with E-state index in [0.717, 1.165) is 18.1 Å². The Kier molecular flexibility index (Phi) is 4.95. The Morgan fingerprint density at radius 3 is 2.65 bits per heavy atom. The molecule has 1 heterocycles. The van der Waals surface area contributed by atoms with Crippen molar-refractivity contribution in [2.45, 2.75) is 26.8 Å². The third kappa shape index (κ3) is 3.47. The molecule has 0 spiro atoms. The van der Waals surface area contributed by atoms with Gasteiger partial charge in [-0.15, -0.1) is 0 Å². The lowest BCUT2D eigenvalue weighted by molar-refractivity contribution is 0.629. The van der Waals surface area contributed by atoms with Crippen LogP contribution in [0.3, 0.4) is 0 Å². The van der Waals surface area contributed by atoms with Gasteiger partial charge in [0.25, 0.3) is 0 Å². The molecule has 0 fully saturated rings. The molecule has 2 aromatic rings. The highest BCUT2D eigenvalue weighted by Crippen LogP contribution is 2.30. The summed E-state index contributed by atoms with van der Waals surface area (Å²) in [5.74, 6) is 1.42. The van der Waals surface area contributed by atoms with Gasteiger partial charge in [-0.1, -0.05) is 43.1 Å². The quantitative estimate of drug-likeness (QED) is 0.854. The first-order valence-electron chi connectivity index (χ1n) is 6.70. The third-order valence-electron chi connectivity index (χ3n) is 3.17. The van der Waals surface area contributed by atoms with Gasteiger partial charge in [0, 0.05) is 29.0 Å². The van der Waals surface area contributed by atoms with Crippen LogP contribution in [0, 0.1) is 5.92 Å². The maximum atomic E-state index is 6.28. The Balaban J connectivity index is 2.24. The predicted octanol–water partition coefficient (Wildman–Crippen LogP) is 4.87. The fraction of sp³-hybridized carbons (Fsp3) is 0.400. The molecule has 2 rings (SSSR count). The van der Waals surface area contributed by atoms with Crippen molar-refractivity contribution in [1.29, 1.82) is 0 Å². The first-order chi connectivity index (χ1) is 9.49. The Morgan fingerprint density at radius 1 is 1.25 bits per heavy atom. The molecule has 1 aromatic carbocycles. The van der Waals surface area contributed by atoms with Crippen LogP contribution in [-0.2, 0) is 0 Å². The molecule has 0 saturated heterocycles. The average Bonchev–Trinajstić information content (AvgIpc) is 2.83. The van der Waals surface area contributed by atoms with Crippen LogP contribution in [0.1, 0.15) is 32.4 Å². The summed E-state index contributed by atoms with van der Waals surface area (Å²) in [4.78, 5) is 4.36. The number of nitrogens with one attached hydrogen (secondary N) is 1. The maximum absolute atomic E-state index is 6.28. The van der Waals surface area contributed by atoms with Crippen LogP contribution < -0.4 is 5.32 Å². The zero-order valence-corrected chi connectivity index (χ0v) is 13.4. The molecule has 0 bridgehead atoms. The number of nitrogens with zero attached hydrogens (tertiary/aromatic N) is 2. The zero-order chi connectivity index (χ0) is 14.7. The summed E-state index contributed by atoms with van der Waals surface area (Å²) >= 11 is 12.2. The molecule has 0 aliphatic heterocycles. The lowest BCUT2D eigenvalue weighted by atomic mass is 10.1. The van der Waals surface area contributed by atoms with E-state index >= 15 is 0 Å². The summed E-state index contributed by atoms with van der Waals surface area (Å²) in [5.41, 5.74) is 1.03. The summed E-state index contributed by atoms with van der Waals surface area (Å²) in [6, 6.07) is 5.68. The largest absolute Gasteiger partial charge is 0.355 e. The molecule has 108 valence electrons. The van der Waals surface area contributed by atoms with Crippen molar-refractivity contribution in [3.63, 3.8) is 0 Å². The molecule has 1 atom stereocenters. The second-order valence-electron chi connectivity index (χ2n) is 5.27. The van der Waals surface area contributed by atoms with Gasteiger partial charge >= 0.3 is 0 Å². The Bertz CT molecular complexity index is 578. The van der Waals surface area contributed by atoms with Gasteiger partial charge < -0.3 is 9.88 Å². The van der Waals surface area contributed by atoms with Gasteiger partial charge in [-0.25, -0.2) is 4.98 Å². The van der Waals surface area contributed by atoms with Crippen molar-refractivity contribution in [2.24, 2.45) is 5.92 Å². The van der Waals surface area contributed by atoms with Crippen LogP contribution in [0.25, 0.3) is 0 Å². The van der Waals surface area contributed by atoms with Gasteiger partial charge in [0.1, 0.15) is 0 Å². The molecule has 5 heteroatoms. The normalized spacial score (nSPS) is 12.7. The average molecular weight is 312 g/mol. The zero-order valence-electron chi connectivity index (χ0n) is 11.9.